The van der Waals surface area contributed by atoms with Crippen LogP contribution in [0.25, 0.3) is 21.2 Å². The number of nitrogens with zero attached hydrogens (tertiary/aromatic N) is 3. The van der Waals surface area contributed by atoms with Gasteiger partial charge in [0, 0.05) is 35.6 Å². The average Bonchev–Trinajstić information content (AvgIpc) is 3.04. The van der Waals surface area contributed by atoms with Gasteiger partial charge in [0.1, 0.15) is 13.7 Å². The highest BCUT2D eigenvalue weighted by atomic mass is 32.1. The molecule has 2 radical (unpaired) electrons. The van der Waals surface area contributed by atoms with E-state index >= 15 is 0 Å². The van der Waals surface area contributed by atoms with E-state index in [1.807, 2.05) is 44.1 Å². The first-order valence-electron chi connectivity index (χ1n) is 11.4. The first kappa shape index (κ1) is 22.6. The number of hydrogen-bond donors (Lipinski definition) is 2. The first-order valence-corrected chi connectivity index (χ1v) is 12.2. The number of rotatable bonds is 5. The molecule has 1 saturated heterocycles. The van der Waals surface area contributed by atoms with E-state index in [0.29, 0.717) is 6.54 Å². The van der Waals surface area contributed by atoms with Gasteiger partial charge in [-0.25, -0.2) is 9.97 Å². The molecule has 1 saturated carbocycles. The highest BCUT2D eigenvalue weighted by Crippen LogP contribution is 2.70. The second kappa shape index (κ2) is 7.14. The average molecular weight is 458 g/mol. The Morgan fingerprint density at radius 2 is 1.91 bits per heavy atom. The summed E-state index contributed by atoms with van der Waals surface area (Å²) in [6.07, 6.45) is 5.71. The number of thiazole rings is 1. The van der Waals surface area contributed by atoms with Crippen molar-refractivity contribution in [1.29, 1.82) is 0 Å². The molecule has 0 bridgehead atoms. The molecule has 1 aliphatic heterocycles. The molecule has 0 amide bonds. The Labute approximate surface area is 201 Å². The number of nitrogens with one attached hydrogen (secondary N) is 1. The number of fused-ring (bicyclic) bond motifs is 2. The molecule has 5 rings (SSSR count). The van der Waals surface area contributed by atoms with Crippen molar-refractivity contribution in [3.63, 3.8) is 0 Å². The standard InChI is InChI=1S/C26H31BN4OS/c1-16(13-31-25(6)15-24(25,5)14-23(3,4)26(31,27)32)30-22-10-20-9-18(7-8-19(20)11-29-22)21-12-28-17(2)33-21/h7-12,32H,1,13-15H2,2-6H3,(H,29,30). The van der Waals surface area contributed by atoms with Crippen molar-refractivity contribution in [3.05, 3.63) is 53.9 Å². The molecule has 1 aliphatic carbocycles. The van der Waals surface area contributed by atoms with Gasteiger partial charge in [0.05, 0.1) is 15.5 Å². The highest BCUT2D eigenvalue weighted by molar-refractivity contribution is 7.15. The van der Waals surface area contributed by atoms with E-state index in [0.717, 1.165) is 50.6 Å². The fourth-order valence-corrected chi connectivity index (χ4v) is 6.57. The van der Waals surface area contributed by atoms with Crippen LogP contribution >= 0.6 is 11.3 Å². The van der Waals surface area contributed by atoms with Crippen LogP contribution in [0, 0.1) is 17.8 Å². The molecule has 7 heteroatoms. The number of aryl methyl sites for hydroxylation is 1. The molecule has 2 N–H and O–H groups in total. The van der Waals surface area contributed by atoms with Crippen LogP contribution in [-0.4, -0.2) is 45.5 Å². The van der Waals surface area contributed by atoms with Crippen LogP contribution in [0.2, 0.25) is 0 Å². The summed E-state index contributed by atoms with van der Waals surface area (Å²) in [6.45, 7) is 15.3. The minimum Gasteiger partial charge on any atom is -0.384 e. The van der Waals surface area contributed by atoms with E-state index in [1.165, 1.54) is 0 Å². The maximum atomic E-state index is 11.4. The smallest absolute Gasteiger partial charge is 0.136 e. The first-order chi connectivity index (χ1) is 15.3. The zero-order valence-corrected chi connectivity index (χ0v) is 20.9. The molecule has 2 fully saturated rings. The topological polar surface area (TPSA) is 61.3 Å². The number of aliphatic hydroxyl groups is 1. The van der Waals surface area contributed by atoms with Gasteiger partial charge in [-0.2, -0.15) is 0 Å². The summed E-state index contributed by atoms with van der Waals surface area (Å²) in [5.74, 6) is 0.727. The van der Waals surface area contributed by atoms with Gasteiger partial charge in [-0.05, 0) is 60.6 Å². The molecular weight excluding hydrogens is 427 g/mol. The van der Waals surface area contributed by atoms with E-state index in [9.17, 15) is 5.11 Å². The van der Waals surface area contributed by atoms with Gasteiger partial charge in [0.25, 0.3) is 0 Å². The molecule has 3 heterocycles. The number of hydrogen-bond acceptors (Lipinski definition) is 6. The lowest BCUT2D eigenvalue weighted by Gasteiger charge is -2.57. The normalized spacial score (nSPS) is 30.7. The van der Waals surface area contributed by atoms with Crippen LogP contribution < -0.4 is 5.32 Å². The van der Waals surface area contributed by atoms with Crippen molar-refractivity contribution in [2.75, 3.05) is 11.9 Å². The molecule has 3 atom stereocenters. The van der Waals surface area contributed by atoms with Crippen LogP contribution in [0.5, 0.6) is 0 Å². The van der Waals surface area contributed by atoms with Crippen molar-refractivity contribution < 1.29 is 5.11 Å². The lowest BCUT2D eigenvalue weighted by molar-refractivity contribution is -0.176. The zero-order valence-electron chi connectivity index (χ0n) is 20.1. The van der Waals surface area contributed by atoms with Crippen molar-refractivity contribution in [3.8, 4) is 10.4 Å². The third-order valence-electron chi connectivity index (χ3n) is 8.03. The molecular formula is C26H31BN4OS. The Bertz CT molecular complexity index is 1270. The van der Waals surface area contributed by atoms with Gasteiger partial charge < -0.3 is 10.4 Å². The van der Waals surface area contributed by atoms with Crippen molar-refractivity contribution >= 4 is 35.8 Å². The summed E-state index contributed by atoms with van der Waals surface area (Å²) in [5, 5.41) is 17.9. The number of benzene rings is 1. The second-order valence-corrected chi connectivity index (χ2v) is 12.2. The van der Waals surface area contributed by atoms with Crippen LogP contribution in [-0.2, 0) is 0 Å². The molecule has 5 nitrogen and oxygen atoms in total. The minimum absolute atomic E-state index is 0.144. The summed E-state index contributed by atoms with van der Waals surface area (Å²) in [6, 6.07) is 8.40. The number of anilines is 1. The van der Waals surface area contributed by atoms with Crippen molar-refractivity contribution in [2.24, 2.45) is 10.8 Å². The van der Waals surface area contributed by atoms with Gasteiger partial charge in [0.2, 0.25) is 0 Å². The van der Waals surface area contributed by atoms with Gasteiger partial charge in [-0.15, -0.1) is 11.3 Å². The molecule has 1 aromatic carbocycles. The molecule has 170 valence electrons. The van der Waals surface area contributed by atoms with E-state index in [4.69, 9.17) is 7.85 Å². The van der Waals surface area contributed by atoms with Crippen LogP contribution in [0.1, 0.15) is 45.5 Å². The van der Waals surface area contributed by atoms with Gasteiger partial charge >= 0.3 is 0 Å². The molecule has 2 aliphatic rings. The maximum absolute atomic E-state index is 11.4. The number of pyridine rings is 1. The van der Waals surface area contributed by atoms with Gasteiger partial charge in [-0.1, -0.05) is 39.5 Å². The number of likely N-dealkylation sites (tertiary alicyclic amines) is 1. The predicted octanol–water partition coefficient (Wildman–Crippen LogP) is 5.31. The summed E-state index contributed by atoms with van der Waals surface area (Å²) in [5.41, 5.74) is 0.0671. The lowest BCUT2D eigenvalue weighted by atomic mass is 9.60. The molecule has 3 unspecified atom stereocenters. The highest BCUT2D eigenvalue weighted by Gasteiger charge is 2.73. The molecule has 0 spiro atoms. The van der Waals surface area contributed by atoms with Gasteiger partial charge in [-0.3, -0.25) is 4.90 Å². The summed E-state index contributed by atoms with van der Waals surface area (Å²) >= 11 is 1.69. The third-order valence-corrected chi connectivity index (χ3v) is 8.99. The fraction of sp³-hybridized carbons (Fsp3) is 0.462. The monoisotopic (exact) mass is 458 g/mol. The van der Waals surface area contributed by atoms with E-state index in [1.54, 1.807) is 11.3 Å². The Kier molecular flexibility index (Phi) is 4.88. The number of aromatic nitrogens is 2. The Morgan fingerprint density at radius 3 is 2.61 bits per heavy atom. The fourth-order valence-electron chi connectivity index (χ4n) is 5.80. The largest absolute Gasteiger partial charge is 0.384 e. The lowest BCUT2D eigenvalue weighted by Crippen LogP contribution is -2.67. The maximum Gasteiger partial charge on any atom is 0.136 e. The summed E-state index contributed by atoms with van der Waals surface area (Å²) in [7, 11) is 6.54. The third kappa shape index (κ3) is 3.52. The quantitative estimate of drug-likeness (QED) is 0.508. The number of piperidine rings is 1. The summed E-state index contributed by atoms with van der Waals surface area (Å²) in [4.78, 5) is 12.1. The van der Waals surface area contributed by atoms with Crippen LogP contribution in [0.15, 0.2) is 48.9 Å². The van der Waals surface area contributed by atoms with Gasteiger partial charge in [0.15, 0.2) is 0 Å². The molecule has 33 heavy (non-hydrogen) atoms. The Morgan fingerprint density at radius 1 is 1.15 bits per heavy atom. The Balaban J connectivity index is 1.38. The molecule has 2 aromatic heterocycles. The van der Waals surface area contributed by atoms with Crippen LogP contribution in [0.4, 0.5) is 5.82 Å². The van der Waals surface area contributed by atoms with Crippen LogP contribution in [0.3, 0.4) is 0 Å². The van der Waals surface area contributed by atoms with E-state index < -0.39 is 11.0 Å². The van der Waals surface area contributed by atoms with Crippen molar-refractivity contribution in [1.82, 2.24) is 14.9 Å². The van der Waals surface area contributed by atoms with E-state index in [2.05, 4.69) is 53.9 Å². The summed E-state index contributed by atoms with van der Waals surface area (Å²) < 4.78 is 0. The predicted molar refractivity (Wildman–Crippen MR) is 137 cm³/mol. The minimum atomic E-state index is -1.42. The van der Waals surface area contributed by atoms with Crippen molar-refractivity contribution in [2.45, 2.75) is 58.6 Å². The second-order valence-electron chi connectivity index (χ2n) is 11.0. The zero-order chi connectivity index (χ0) is 23.8. The SMILES string of the molecule is [B]C1(O)N(CC(=C)Nc2cc3cc(-c4cnc(C)s4)ccc3cn2)C2(C)CC2(C)CC1(C)C. The Hall–Kier alpha value is -2.22. The van der Waals surface area contributed by atoms with E-state index in [-0.39, 0.29) is 11.0 Å². The molecule has 3 aromatic rings.